The van der Waals surface area contributed by atoms with Gasteiger partial charge in [0.05, 0.1) is 4.92 Å². The number of piperazine rings is 1. The van der Waals surface area contributed by atoms with Crippen molar-refractivity contribution in [3.63, 3.8) is 0 Å². The molecule has 15 nitrogen and oxygen atoms in total. The van der Waals surface area contributed by atoms with Crippen molar-refractivity contribution in [2.75, 3.05) is 37.6 Å². The molecule has 1 fully saturated rings. The molecule has 0 aromatic heterocycles. The number of nitro groups is 1. The molecule has 1 heterocycles. The Morgan fingerprint density at radius 1 is 1.10 bits per heavy atom. The second-order valence-corrected chi connectivity index (χ2v) is 10.8. The van der Waals surface area contributed by atoms with Crippen LogP contribution in [0.4, 0.5) is 11.4 Å². The number of nitrogens with two attached hydrogens (primary N) is 1. The molecule has 41 heavy (non-hydrogen) atoms. The van der Waals surface area contributed by atoms with Crippen LogP contribution in [0.3, 0.4) is 0 Å². The Bertz CT molecular complexity index is 1640. The summed E-state index contributed by atoms with van der Waals surface area (Å²) in [7, 11) is -4.57. The molecule has 1 saturated heterocycles. The molecule has 216 valence electrons. The van der Waals surface area contributed by atoms with Gasteiger partial charge < -0.3 is 31.1 Å². The normalized spacial score (nSPS) is 14.4. The average molecular weight is 586 g/mol. The van der Waals surface area contributed by atoms with Gasteiger partial charge in [-0.1, -0.05) is 30.3 Å². The lowest BCUT2D eigenvalue weighted by Gasteiger charge is -2.35. The van der Waals surface area contributed by atoms with E-state index < -0.39 is 50.1 Å². The van der Waals surface area contributed by atoms with Gasteiger partial charge >= 0.3 is 5.97 Å². The molecule has 4 rings (SSSR count). The zero-order chi connectivity index (χ0) is 29.9. The fourth-order valence-electron chi connectivity index (χ4n) is 4.50. The van der Waals surface area contributed by atoms with Crippen molar-refractivity contribution in [3.05, 3.63) is 70.3 Å². The number of aromatic hydroxyl groups is 1. The van der Waals surface area contributed by atoms with Gasteiger partial charge in [0, 0.05) is 49.7 Å². The second kappa shape index (κ2) is 11.6. The van der Waals surface area contributed by atoms with Crippen LogP contribution < -0.4 is 20.7 Å². The Labute approximate surface area is 233 Å². The molecule has 1 aliphatic rings. The predicted octanol–water partition coefficient (Wildman–Crippen LogP) is 0.631. The number of nitrogens with one attached hydrogen (secondary N) is 3. The molecule has 1 aliphatic heterocycles. The molecule has 3 aromatic carbocycles. The summed E-state index contributed by atoms with van der Waals surface area (Å²) < 4.78 is 28.2. The quantitative estimate of drug-likeness (QED) is 0.0882. The van der Waals surface area contributed by atoms with E-state index in [-0.39, 0.29) is 28.3 Å². The molecule has 1 atom stereocenters. The van der Waals surface area contributed by atoms with Crippen molar-refractivity contribution < 1.29 is 33.1 Å². The Morgan fingerprint density at radius 3 is 2.41 bits per heavy atom. The first-order valence-electron chi connectivity index (χ1n) is 12.3. The molecule has 0 radical (unpaired) electrons. The SMILES string of the molecule is N=C(N)N1CCN(c2ccc(C(=O)NC[C@H](NS(=O)(=O)c3c(O)ccc4ccccc34)C(=O)O)cc2[N+](=O)[O-])CC1. The third kappa shape index (κ3) is 6.28. The summed E-state index contributed by atoms with van der Waals surface area (Å²) in [6.45, 7) is 0.800. The van der Waals surface area contributed by atoms with Crippen molar-refractivity contribution in [2.45, 2.75) is 10.9 Å². The lowest BCUT2D eigenvalue weighted by atomic mass is 10.1. The molecule has 7 N–H and O–H groups in total. The van der Waals surface area contributed by atoms with E-state index in [1.54, 1.807) is 28.0 Å². The van der Waals surface area contributed by atoms with Crippen molar-refractivity contribution >= 4 is 50.0 Å². The number of amides is 1. The summed E-state index contributed by atoms with van der Waals surface area (Å²) in [4.78, 5) is 38.7. The number of nitrogens with zero attached hydrogens (tertiary/aromatic N) is 3. The number of carboxylic acid groups (broad SMARTS) is 1. The number of carboxylic acids is 1. The number of anilines is 1. The van der Waals surface area contributed by atoms with Crippen LogP contribution in [0, 0.1) is 15.5 Å². The number of phenols is 1. The van der Waals surface area contributed by atoms with E-state index in [1.807, 2.05) is 4.72 Å². The van der Waals surface area contributed by atoms with Crippen LogP contribution >= 0.6 is 0 Å². The first kappa shape index (κ1) is 29.0. The van der Waals surface area contributed by atoms with Crippen LogP contribution in [0.5, 0.6) is 5.75 Å². The van der Waals surface area contributed by atoms with Gasteiger partial charge in [-0.15, -0.1) is 0 Å². The molecule has 3 aromatic rings. The maximum atomic E-state index is 13.1. The third-order valence-electron chi connectivity index (χ3n) is 6.59. The maximum Gasteiger partial charge on any atom is 0.323 e. The van der Waals surface area contributed by atoms with E-state index in [0.717, 1.165) is 6.07 Å². The topological polar surface area (TPSA) is 232 Å². The van der Waals surface area contributed by atoms with Gasteiger partial charge in [0.15, 0.2) is 5.96 Å². The number of hydrogen-bond donors (Lipinski definition) is 6. The lowest BCUT2D eigenvalue weighted by molar-refractivity contribution is -0.384. The highest BCUT2D eigenvalue weighted by molar-refractivity contribution is 7.89. The molecule has 0 unspecified atom stereocenters. The second-order valence-electron chi connectivity index (χ2n) is 9.18. The Kier molecular flexibility index (Phi) is 8.25. The smallest absolute Gasteiger partial charge is 0.323 e. The summed E-state index contributed by atoms with van der Waals surface area (Å²) in [5.74, 6) is -3.14. The van der Waals surface area contributed by atoms with E-state index in [0.29, 0.717) is 31.6 Å². The largest absolute Gasteiger partial charge is 0.507 e. The third-order valence-corrected chi connectivity index (χ3v) is 8.15. The number of sulfonamides is 1. The molecule has 1 amide bonds. The number of carbonyl (C=O) groups excluding carboxylic acids is 1. The first-order valence-corrected chi connectivity index (χ1v) is 13.7. The van der Waals surface area contributed by atoms with Gasteiger partial charge in [-0.3, -0.25) is 25.1 Å². The predicted molar refractivity (Wildman–Crippen MR) is 148 cm³/mol. The summed E-state index contributed by atoms with van der Waals surface area (Å²) in [6, 6.07) is 11.0. The van der Waals surface area contributed by atoms with Crippen molar-refractivity contribution in [2.24, 2.45) is 5.73 Å². The van der Waals surface area contributed by atoms with Crippen molar-refractivity contribution in [1.82, 2.24) is 14.9 Å². The van der Waals surface area contributed by atoms with Crippen molar-refractivity contribution in [3.8, 4) is 5.75 Å². The van der Waals surface area contributed by atoms with Gasteiger partial charge in [0.1, 0.15) is 22.4 Å². The van der Waals surface area contributed by atoms with Crippen LogP contribution in [0.2, 0.25) is 0 Å². The van der Waals surface area contributed by atoms with E-state index in [4.69, 9.17) is 11.1 Å². The van der Waals surface area contributed by atoms with Crippen LogP contribution in [-0.2, 0) is 14.8 Å². The minimum absolute atomic E-state index is 0.0953. The van der Waals surface area contributed by atoms with Crippen LogP contribution in [0.25, 0.3) is 10.8 Å². The average Bonchev–Trinajstić information content (AvgIpc) is 2.94. The molecule has 0 saturated carbocycles. The number of fused-ring (bicyclic) bond motifs is 1. The molecule has 0 bridgehead atoms. The highest BCUT2D eigenvalue weighted by atomic mass is 32.2. The zero-order valence-electron chi connectivity index (χ0n) is 21.5. The van der Waals surface area contributed by atoms with E-state index in [9.17, 15) is 38.3 Å². The molecular weight excluding hydrogens is 558 g/mol. The molecule has 0 aliphatic carbocycles. The zero-order valence-corrected chi connectivity index (χ0v) is 22.3. The summed E-state index contributed by atoms with van der Waals surface area (Å²) >= 11 is 0. The number of hydrogen-bond acceptors (Lipinski definition) is 9. The number of aliphatic carboxylic acids is 1. The number of carbonyl (C=O) groups is 2. The Hall–Kier alpha value is -4.96. The summed E-state index contributed by atoms with van der Waals surface area (Å²) in [6.07, 6.45) is 0. The standard InChI is InChI=1S/C25H27N7O8S/c26-25(27)31-11-9-30(10-12-31)19-7-5-16(13-20(19)32(37)38)23(34)28-14-18(24(35)36)29-41(39,40)22-17-4-2-1-3-15(17)6-8-21(22)33/h1-8,13,18,29,33H,9-12,14H2,(H3,26,27)(H,28,34)(H,35,36)/t18-/m0/s1. The Morgan fingerprint density at radius 2 is 1.78 bits per heavy atom. The van der Waals surface area contributed by atoms with E-state index >= 15 is 0 Å². The first-order chi connectivity index (χ1) is 19.4. The summed E-state index contributed by atoms with van der Waals surface area (Å²) in [5, 5.41) is 42.2. The van der Waals surface area contributed by atoms with Crippen LogP contribution in [0.15, 0.2) is 59.5 Å². The highest BCUT2D eigenvalue weighted by Gasteiger charge is 2.30. The van der Waals surface area contributed by atoms with Crippen LogP contribution in [-0.4, -0.2) is 85.1 Å². The summed E-state index contributed by atoms with van der Waals surface area (Å²) in [5.41, 5.74) is 5.27. The fraction of sp³-hybridized carbons (Fsp3) is 0.240. The van der Waals surface area contributed by atoms with Crippen LogP contribution in [0.1, 0.15) is 10.4 Å². The van der Waals surface area contributed by atoms with Gasteiger partial charge in [0.25, 0.3) is 11.6 Å². The van der Waals surface area contributed by atoms with Gasteiger partial charge in [0.2, 0.25) is 10.0 Å². The number of guanidine groups is 1. The molecule has 0 spiro atoms. The van der Waals surface area contributed by atoms with Gasteiger partial charge in [-0.2, -0.15) is 4.72 Å². The number of rotatable bonds is 9. The number of nitro benzene ring substituents is 1. The highest BCUT2D eigenvalue weighted by Crippen LogP contribution is 2.32. The van der Waals surface area contributed by atoms with E-state index in [2.05, 4.69) is 5.32 Å². The fourth-order valence-corrected chi connectivity index (χ4v) is 6.00. The molecular formula is C25H27N7O8S. The number of benzene rings is 3. The Balaban J connectivity index is 1.50. The maximum absolute atomic E-state index is 13.1. The van der Waals surface area contributed by atoms with Crippen molar-refractivity contribution in [1.29, 1.82) is 5.41 Å². The monoisotopic (exact) mass is 585 g/mol. The van der Waals surface area contributed by atoms with Gasteiger partial charge in [-0.25, -0.2) is 8.42 Å². The number of phenolic OH excluding ortho intramolecular Hbond substituents is 1. The minimum atomic E-state index is -4.57. The van der Waals surface area contributed by atoms with Gasteiger partial charge in [-0.05, 0) is 23.6 Å². The van der Waals surface area contributed by atoms with E-state index in [1.165, 1.54) is 30.3 Å². The molecule has 16 heteroatoms. The minimum Gasteiger partial charge on any atom is -0.507 e. The lowest BCUT2D eigenvalue weighted by Crippen LogP contribution is -2.51.